The van der Waals surface area contributed by atoms with Gasteiger partial charge < -0.3 is 38.8 Å². The Kier molecular flexibility index (Phi) is 12.0. The largest absolute Gasteiger partial charge is 0.497 e. The van der Waals surface area contributed by atoms with Gasteiger partial charge in [0.15, 0.2) is 6.23 Å². The fourth-order valence-electron chi connectivity index (χ4n) is 6.45. The Morgan fingerprint density at radius 1 is 0.830 bits per heavy atom. The molecule has 0 saturated carbocycles. The number of nitrogens with one attached hydrogen (secondary N) is 1. The van der Waals surface area contributed by atoms with E-state index in [1.165, 1.54) is 10.8 Å². The number of carbonyl (C=O) groups is 1. The Morgan fingerprint density at radius 2 is 1.40 bits per heavy atom. The van der Waals surface area contributed by atoms with Crippen molar-refractivity contribution in [2.24, 2.45) is 0 Å². The molecular formula is C41H43N3O9. The number of aryl methyl sites for hydroxylation is 1. The van der Waals surface area contributed by atoms with Crippen LogP contribution in [0.25, 0.3) is 0 Å². The van der Waals surface area contributed by atoms with Gasteiger partial charge >= 0.3 is 5.69 Å². The lowest BCUT2D eigenvalue weighted by molar-refractivity contribution is -0.0994. The van der Waals surface area contributed by atoms with Gasteiger partial charge in [0.1, 0.15) is 41.2 Å². The van der Waals surface area contributed by atoms with Gasteiger partial charge in [-0.05, 0) is 60.0 Å². The third-order valence-corrected chi connectivity index (χ3v) is 9.22. The summed E-state index contributed by atoms with van der Waals surface area (Å²) >= 11 is 0. The van der Waals surface area contributed by atoms with Crippen molar-refractivity contribution in [3.63, 3.8) is 0 Å². The predicted octanol–water partition coefficient (Wildman–Crippen LogP) is 5.12. The van der Waals surface area contributed by atoms with Gasteiger partial charge in [0.2, 0.25) is 0 Å². The second-order valence-corrected chi connectivity index (χ2v) is 12.5. The van der Waals surface area contributed by atoms with Crippen LogP contribution < -0.4 is 20.5 Å². The van der Waals surface area contributed by atoms with Crippen LogP contribution in [-0.4, -0.2) is 80.0 Å². The fourth-order valence-corrected chi connectivity index (χ4v) is 6.45. The van der Waals surface area contributed by atoms with Crippen LogP contribution in [0.3, 0.4) is 0 Å². The van der Waals surface area contributed by atoms with Crippen LogP contribution in [0.2, 0.25) is 0 Å². The van der Waals surface area contributed by atoms with E-state index in [-0.39, 0.29) is 25.6 Å². The number of hydrogen-bond acceptors (Lipinski definition) is 10. The number of nitrogens with zero attached hydrogens (tertiary/aromatic N) is 2. The highest BCUT2D eigenvalue weighted by atomic mass is 16.6. The topological polar surface area (TPSA) is 140 Å². The molecule has 6 rings (SSSR count). The highest BCUT2D eigenvalue weighted by Gasteiger charge is 2.48. The van der Waals surface area contributed by atoms with Crippen LogP contribution in [-0.2, 0) is 24.5 Å². The van der Waals surface area contributed by atoms with E-state index in [0.29, 0.717) is 22.6 Å². The zero-order valence-corrected chi connectivity index (χ0v) is 30.0. The molecule has 1 saturated heterocycles. The summed E-state index contributed by atoms with van der Waals surface area (Å²) in [6, 6.07) is 33.6. The molecule has 1 aromatic heterocycles. The number of methoxy groups -OCH3 is 3. The number of aromatic nitrogens is 2. The first-order chi connectivity index (χ1) is 25.8. The molecule has 0 aliphatic carbocycles. The van der Waals surface area contributed by atoms with Gasteiger partial charge in [0.25, 0.3) is 5.91 Å². The summed E-state index contributed by atoms with van der Waals surface area (Å²) in [5.41, 5.74) is 1.48. The lowest BCUT2D eigenvalue weighted by Gasteiger charge is -2.37. The summed E-state index contributed by atoms with van der Waals surface area (Å²) in [7, 11) is 4.76. The lowest BCUT2D eigenvalue weighted by Crippen LogP contribution is -2.41. The number of aliphatic hydroxyl groups is 1. The summed E-state index contributed by atoms with van der Waals surface area (Å²) in [5, 5.41) is 14.5. The van der Waals surface area contributed by atoms with E-state index in [2.05, 4.69) is 10.3 Å². The molecule has 0 bridgehead atoms. The molecule has 1 fully saturated rings. The quantitative estimate of drug-likeness (QED) is 0.111. The Labute approximate surface area is 307 Å². The van der Waals surface area contributed by atoms with Crippen molar-refractivity contribution in [1.82, 2.24) is 9.55 Å². The van der Waals surface area contributed by atoms with Crippen LogP contribution in [0.4, 0.5) is 5.82 Å². The van der Waals surface area contributed by atoms with Crippen LogP contribution >= 0.6 is 0 Å². The molecule has 12 heteroatoms. The molecule has 4 aromatic carbocycles. The van der Waals surface area contributed by atoms with Crippen LogP contribution in [0.5, 0.6) is 11.5 Å². The first-order valence-corrected chi connectivity index (χ1v) is 17.2. The molecule has 0 spiro atoms. The Morgan fingerprint density at radius 3 is 1.96 bits per heavy atom. The maximum absolute atomic E-state index is 13.6. The average molecular weight is 722 g/mol. The van der Waals surface area contributed by atoms with Gasteiger partial charge in [0, 0.05) is 24.4 Å². The molecule has 2 heterocycles. The normalized spacial score (nSPS) is 18.4. The lowest BCUT2D eigenvalue weighted by atomic mass is 9.80. The van der Waals surface area contributed by atoms with Crippen molar-refractivity contribution >= 4 is 11.7 Å². The number of anilines is 1. The van der Waals surface area contributed by atoms with Gasteiger partial charge in [-0.25, -0.2) is 4.79 Å². The number of rotatable bonds is 15. The minimum absolute atomic E-state index is 0.110. The van der Waals surface area contributed by atoms with Crippen LogP contribution in [0.15, 0.2) is 120 Å². The van der Waals surface area contributed by atoms with E-state index in [1.807, 2.05) is 78.9 Å². The molecule has 0 radical (unpaired) electrons. The second-order valence-electron chi connectivity index (χ2n) is 12.5. The Balaban J connectivity index is 1.35. The van der Waals surface area contributed by atoms with Gasteiger partial charge in [-0.2, -0.15) is 4.98 Å². The third-order valence-electron chi connectivity index (χ3n) is 9.22. The molecule has 276 valence electrons. The van der Waals surface area contributed by atoms with E-state index in [0.717, 1.165) is 16.7 Å². The van der Waals surface area contributed by atoms with E-state index < -0.39 is 41.7 Å². The zero-order valence-electron chi connectivity index (χ0n) is 30.0. The summed E-state index contributed by atoms with van der Waals surface area (Å²) in [6.45, 7) is 1.98. The minimum atomic E-state index is -1.22. The van der Waals surface area contributed by atoms with Crippen molar-refractivity contribution in [3.05, 3.63) is 154 Å². The highest BCUT2D eigenvalue weighted by molar-refractivity contribution is 6.04. The number of aliphatic hydroxyl groups excluding tert-OH is 1. The van der Waals surface area contributed by atoms with Crippen LogP contribution in [0, 0.1) is 6.92 Å². The van der Waals surface area contributed by atoms with Gasteiger partial charge in [-0.1, -0.05) is 72.8 Å². The molecule has 0 unspecified atom stereocenters. The Hall–Kier alpha value is -5.37. The van der Waals surface area contributed by atoms with Crippen molar-refractivity contribution in [2.75, 3.05) is 46.5 Å². The molecule has 5 aromatic rings. The van der Waals surface area contributed by atoms with Crippen molar-refractivity contribution in [2.45, 2.75) is 37.1 Å². The predicted molar refractivity (Wildman–Crippen MR) is 197 cm³/mol. The molecule has 4 atom stereocenters. The number of hydrogen-bond donors (Lipinski definition) is 2. The first-order valence-electron chi connectivity index (χ1n) is 17.2. The van der Waals surface area contributed by atoms with E-state index in [9.17, 15) is 14.7 Å². The number of amides is 1. The Bertz CT molecular complexity index is 1960. The van der Waals surface area contributed by atoms with Gasteiger partial charge in [-0.15, -0.1) is 0 Å². The van der Waals surface area contributed by atoms with Gasteiger partial charge in [0.05, 0.1) is 34.0 Å². The number of ether oxygens (including phenoxy) is 6. The van der Waals surface area contributed by atoms with E-state index in [4.69, 9.17) is 28.4 Å². The maximum Gasteiger partial charge on any atom is 0.351 e. The fraction of sp³-hybridized carbons (Fsp3) is 0.293. The molecule has 1 aliphatic rings. The highest BCUT2D eigenvalue weighted by Crippen LogP contribution is 2.43. The molecule has 1 aliphatic heterocycles. The summed E-state index contributed by atoms with van der Waals surface area (Å²) in [5.74, 6) is 1.07. The molecule has 1 amide bonds. The van der Waals surface area contributed by atoms with Crippen molar-refractivity contribution < 1.29 is 38.3 Å². The average Bonchev–Trinajstić information content (AvgIpc) is 3.51. The zero-order chi connectivity index (χ0) is 37.4. The second kappa shape index (κ2) is 17.0. The summed E-state index contributed by atoms with van der Waals surface area (Å²) in [4.78, 5) is 30.6. The monoisotopic (exact) mass is 721 g/mol. The van der Waals surface area contributed by atoms with Crippen molar-refractivity contribution in [3.8, 4) is 11.5 Å². The number of benzene rings is 4. The standard InChI is InChI=1S/C41H43N3O9/c1-27-25-44(40(47)43-37(27)42-38(46)28-11-7-5-8-12-28)39-36(51-24-23-48-2)35(45)34(53-39)26-52-41(29-13-9-6-10-14-29,30-15-19-32(49-3)20-16-30)31-17-21-33(50-4)22-18-31/h5-22,25,34-36,39,45H,23-24,26H2,1-4H3,(H,42,43,46,47)/t34-,35-,36-,39+/m1/s1. The summed E-state index contributed by atoms with van der Waals surface area (Å²) < 4.78 is 37.0. The minimum Gasteiger partial charge on any atom is -0.497 e. The smallest absolute Gasteiger partial charge is 0.351 e. The SMILES string of the molecule is COCCO[C@@H]1[C@H](O)[C@@H](COC(c2ccccc2)(c2ccc(OC)cc2)c2ccc(OC)cc2)O[C@@H]1n1cc(C)c(NC(=O)c2ccccc2)nc1=O. The van der Waals surface area contributed by atoms with Crippen molar-refractivity contribution in [1.29, 1.82) is 0 Å². The molecule has 12 nitrogen and oxygen atoms in total. The maximum atomic E-state index is 13.6. The van der Waals surface area contributed by atoms with Gasteiger partial charge in [-0.3, -0.25) is 9.36 Å². The third kappa shape index (κ3) is 8.02. The molecule has 2 N–H and O–H groups in total. The summed E-state index contributed by atoms with van der Waals surface area (Å²) in [6.07, 6.45) is -2.71. The first kappa shape index (κ1) is 37.4. The van der Waals surface area contributed by atoms with E-state index >= 15 is 0 Å². The number of carbonyl (C=O) groups excluding carboxylic acids is 1. The molecule has 53 heavy (non-hydrogen) atoms. The van der Waals surface area contributed by atoms with Crippen LogP contribution in [0.1, 0.15) is 38.8 Å². The molecular weight excluding hydrogens is 678 g/mol. The van der Waals surface area contributed by atoms with E-state index in [1.54, 1.807) is 58.6 Å².